The molecule has 3 rings (SSSR count). The number of nitrogens with zero attached hydrogens (tertiary/aromatic N) is 1. The summed E-state index contributed by atoms with van der Waals surface area (Å²) in [6.07, 6.45) is 3.19. The summed E-state index contributed by atoms with van der Waals surface area (Å²) in [7, 11) is -0.357. The van der Waals surface area contributed by atoms with Gasteiger partial charge in [0.1, 0.15) is 11.5 Å². The van der Waals surface area contributed by atoms with Crippen LogP contribution in [0.3, 0.4) is 0 Å². The molecular weight excluding hydrogens is 350 g/mol. The maximum atomic E-state index is 12.9. The fraction of sp³-hybridized carbons (Fsp3) is 0.300. The summed E-state index contributed by atoms with van der Waals surface area (Å²) in [4.78, 5) is 0. The van der Waals surface area contributed by atoms with Crippen molar-refractivity contribution in [3.8, 4) is 11.5 Å². The molecule has 0 N–H and O–H groups in total. The first kappa shape index (κ1) is 18.5. The van der Waals surface area contributed by atoms with Crippen molar-refractivity contribution >= 4 is 16.1 Å². The minimum atomic E-state index is -3.54. The van der Waals surface area contributed by atoms with Gasteiger partial charge < -0.3 is 9.47 Å². The van der Waals surface area contributed by atoms with Gasteiger partial charge in [-0.25, -0.2) is 8.42 Å². The van der Waals surface area contributed by atoms with E-state index in [-0.39, 0.29) is 6.04 Å². The van der Waals surface area contributed by atoms with Crippen molar-refractivity contribution in [1.82, 2.24) is 4.31 Å². The minimum absolute atomic E-state index is 0.259. The zero-order valence-corrected chi connectivity index (χ0v) is 15.8. The number of benzene rings is 2. The number of rotatable bonds is 6. The quantitative estimate of drug-likeness (QED) is 0.772. The van der Waals surface area contributed by atoms with Crippen LogP contribution in [0, 0.1) is 0 Å². The average Bonchev–Trinajstić information content (AvgIpc) is 3.17. The summed E-state index contributed by atoms with van der Waals surface area (Å²) in [5.74, 6) is 1.36. The Labute approximate surface area is 154 Å². The smallest absolute Gasteiger partial charge is 0.236 e. The van der Waals surface area contributed by atoms with Crippen LogP contribution >= 0.6 is 0 Å². The lowest BCUT2D eigenvalue weighted by Gasteiger charge is -2.24. The van der Waals surface area contributed by atoms with Crippen LogP contribution in [-0.4, -0.2) is 33.5 Å². The summed E-state index contributed by atoms with van der Waals surface area (Å²) in [5.41, 5.74) is 1.69. The Kier molecular flexibility index (Phi) is 5.64. The molecule has 0 spiro atoms. The normalized spacial score (nSPS) is 18.3. The summed E-state index contributed by atoms with van der Waals surface area (Å²) in [6, 6.07) is 14.6. The molecule has 1 aliphatic heterocycles. The molecule has 5 nitrogen and oxygen atoms in total. The maximum absolute atomic E-state index is 12.9. The standard InChI is InChI=1S/C20H23NO4S/c1-24-17-10-11-20(25-2)18(15-17)19-9-6-13-21(19)26(22,23)14-12-16-7-4-3-5-8-16/h3-5,7-8,10-12,14-15,19H,6,9,13H2,1-2H3/b14-12+. The Hall–Kier alpha value is -2.31. The highest BCUT2D eigenvalue weighted by molar-refractivity contribution is 7.92. The van der Waals surface area contributed by atoms with E-state index < -0.39 is 10.0 Å². The summed E-state index contributed by atoms with van der Waals surface area (Å²) < 4.78 is 38.1. The largest absolute Gasteiger partial charge is 0.497 e. The second-order valence-electron chi connectivity index (χ2n) is 6.14. The third kappa shape index (κ3) is 3.92. The van der Waals surface area contributed by atoms with Gasteiger partial charge in [-0.15, -0.1) is 0 Å². The maximum Gasteiger partial charge on any atom is 0.236 e. The zero-order valence-electron chi connectivity index (χ0n) is 15.0. The van der Waals surface area contributed by atoms with Crippen LogP contribution < -0.4 is 9.47 Å². The molecule has 6 heteroatoms. The van der Waals surface area contributed by atoms with Gasteiger partial charge in [0, 0.05) is 17.5 Å². The lowest BCUT2D eigenvalue weighted by atomic mass is 10.0. The fourth-order valence-electron chi connectivity index (χ4n) is 3.26. The third-order valence-electron chi connectivity index (χ3n) is 4.56. The molecule has 0 aliphatic carbocycles. The molecule has 0 aromatic heterocycles. The highest BCUT2D eigenvalue weighted by Gasteiger charge is 2.35. The van der Waals surface area contributed by atoms with E-state index in [1.807, 2.05) is 48.5 Å². The summed E-state index contributed by atoms with van der Waals surface area (Å²) in [5, 5.41) is 1.29. The van der Waals surface area contributed by atoms with E-state index in [0.717, 1.165) is 24.0 Å². The highest BCUT2D eigenvalue weighted by atomic mass is 32.2. The van der Waals surface area contributed by atoms with Crippen LogP contribution in [0.2, 0.25) is 0 Å². The van der Waals surface area contributed by atoms with E-state index in [2.05, 4.69) is 0 Å². The first-order valence-corrected chi connectivity index (χ1v) is 10.0. The van der Waals surface area contributed by atoms with E-state index in [9.17, 15) is 8.42 Å². The van der Waals surface area contributed by atoms with E-state index in [1.165, 1.54) is 5.41 Å². The lowest BCUT2D eigenvalue weighted by Crippen LogP contribution is -2.29. The Bertz CT molecular complexity index is 878. The molecule has 1 fully saturated rings. The molecule has 1 heterocycles. The second-order valence-corrected chi connectivity index (χ2v) is 7.91. The number of methoxy groups -OCH3 is 2. The molecule has 0 amide bonds. The van der Waals surface area contributed by atoms with Crippen molar-refractivity contribution in [2.45, 2.75) is 18.9 Å². The Morgan fingerprint density at radius 3 is 2.54 bits per heavy atom. The van der Waals surface area contributed by atoms with Crippen molar-refractivity contribution in [1.29, 1.82) is 0 Å². The summed E-state index contributed by atoms with van der Waals surface area (Å²) >= 11 is 0. The van der Waals surface area contributed by atoms with Gasteiger partial charge in [0.05, 0.1) is 20.3 Å². The van der Waals surface area contributed by atoms with Crippen molar-refractivity contribution in [3.05, 3.63) is 65.1 Å². The topological polar surface area (TPSA) is 55.8 Å². The van der Waals surface area contributed by atoms with Crippen LogP contribution in [0.15, 0.2) is 53.9 Å². The Balaban J connectivity index is 1.92. The van der Waals surface area contributed by atoms with Gasteiger partial charge >= 0.3 is 0 Å². The van der Waals surface area contributed by atoms with Crippen molar-refractivity contribution in [3.63, 3.8) is 0 Å². The molecule has 1 saturated heterocycles. The van der Waals surface area contributed by atoms with Gasteiger partial charge in [-0.1, -0.05) is 30.3 Å². The number of ether oxygens (including phenoxy) is 2. The van der Waals surface area contributed by atoms with Crippen LogP contribution in [0.1, 0.15) is 30.0 Å². The van der Waals surface area contributed by atoms with Crippen LogP contribution in [-0.2, 0) is 10.0 Å². The first-order valence-electron chi connectivity index (χ1n) is 8.52. The van der Waals surface area contributed by atoms with Crippen LogP contribution in [0.4, 0.5) is 0 Å². The molecular formula is C20H23NO4S. The van der Waals surface area contributed by atoms with Crippen molar-refractivity contribution in [2.75, 3.05) is 20.8 Å². The number of hydrogen-bond acceptors (Lipinski definition) is 4. The van der Waals surface area contributed by atoms with Crippen LogP contribution in [0.5, 0.6) is 11.5 Å². The van der Waals surface area contributed by atoms with Gasteiger partial charge in [0.2, 0.25) is 10.0 Å². The fourth-order valence-corrected chi connectivity index (χ4v) is 4.70. The number of sulfonamides is 1. The number of hydrogen-bond donors (Lipinski definition) is 0. The predicted molar refractivity (Wildman–Crippen MR) is 103 cm³/mol. The Morgan fingerprint density at radius 1 is 1.08 bits per heavy atom. The van der Waals surface area contributed by atoms with Gasteiger partial charge in [0.25, 0.3) is 0 Å². The molecule has 1 unspecified atom stereocenters. The third-order valence-corrected chi connectivity index (χ3v) is 6.13. The van der Waals surface area contributed by atoms with E-state index in [4.69, 9.17) is 9.47 Å². The monoisotopic (exact) mass is 373 g/mol. The Morgan fingerprint density at radius 2 is 1.85 bits per heavy atom. The molecule has 0 bridgehead atoms. The van der Waals surface area contributed by atoms with Crippen molar-refractivity contribution < 1.29 is 17.9 Å². The molecule has 138 valence electrons. The van der Waals surface area contributed by atoms with E-state index >= 15 is 0 Å². The molecule has 0 radical (unpaired) electrons. The highest BCUT2D eigenvalue weighted by Crippen LogP contribution is 2.40. The lowest BCUT2D eigenvalue weighted by molar-refractivity contribution is 0.364. The first-order chi connectivity index (χ1) is 12.5. The van der Waals surface area contributed by atoms with E-state index in [1.54, 1.807) is 24.6 Å². The van der Waals surface area contributed by atoms with Gasteiger partial charge in [-0.3, -0.25) is 0 Å². The molecule has 0 saturated carbocycles. The van der Waals surface area contributed by atoms with Gasteiger partial charge in [0.15, 0.2) is 0 Å². The molecule has 1 aliphatic rings. The SMILES string of the molecule is COc1ccc(OC)c(C2CCCN2S(=O)(=O)/C=C/c2ccccc2)c1. The molecule has 1 atom stereocenters. The minimum Gasteiger partial charge on any atom is -0.497 e. The van der Waals surface area contributed by atoms with Crippen LogP contribution in [0.25, 0.3) is 6.08 Å². The summed E-state index contributed by atoms with van der Waals surface area (Å²) in [6.45, 7) is 0.493. The van der Waals surface area contributed by atoms with E-state index in [0.29, 0.717) is 18.0 Å². The predicted octanol–water partition coefficient (Wildman–Crippen LogP) is 3.84. The van der Waals surface area contributed by atoms with Gasteiger partial charge in [-0.2, -0.15) is 4.31 Å². The molecule has 2 aromatic carbocycles. The molecule has 26 heavy (non-hydrogen) atoms. The van der Waals surface area contributed by atoms with Crippen molar-refractivity contribution in [2.24, 2.45) is 0 Å². The second kappa shape index (κ2) is 7.93. The molecule has 2 aromatic rings. The zero-order chi connectivity index (χ0) is 18.6. The average molecular weight is 373 g/mol. The van der Waals surface area contributed by atoms with Gasteiger partial charge in [-0.05, 0) is 42.7 Å².